The summed E-state index contributed by atoms with van der Waals surface area (Å²) in [5.74, 6) is 0.0141. The molecule has 0 fully saturated rings. The van der Waals surface area contributed by atoms with E-state index < -0.39 is 0 Å². The molecule has 0 aromatic carbocycles. The lowest BCUT2D eigenvalue weighted by molar-refractivity contribution is -0.114. The molecule has 5 nitrogen and oxygen atoms in total. The molecule has 0 saturated carbocycles. The molecule has 6 heteroatoms. The van der Waals surface area contributed by atoms with Gasteiger partial charge in [0.2, 0.25) is 0 Å². The SMILES string of the molecule is CCC1C(=O)C(c2ccc(C#N)s2)=Nc2c(C)cc(N)nc21. The Morgan fingerprint density at radius 2 is 2.23 bits per heavy atom. The Kier molecular flexibility index (Phi) is 3.51. The Hall–Kier alpha value is -2.52. The molecule has 0 radical (unpaired) electrons. The van der Waals surface area contributed by atoms with E-state index in [1.54, 1.807) is 18.2 Å². The number of fused-ring (bicyclic) bond motifs is 1. The van der Waals surface area contributed by atoms with Crippen molar-refractivity contribution >= 4 is 34.3 Å². The summed E-state index contributed by atoms with van der Waals surface area (Å²) in [6.07, 6.45) is 0.636. The van der Waals surface area contributed by atoms with E-state index in [2.05, 4.69) is 16.0 Å². The Morgan fingerprint density at radius 1 is 1.45 bits per heavy atom. The van der Waals surface area contributed by atoms with Crippen molar-refractivity contribution in [1.29, 1.82) is 5.26 Å². The van der Waals surface area contributed by atoms with Crippen LogP contribution in [0, 0.1) is 18.3 Å². The number of aromatic nitrogens is 1. The third kappa shape index (κ3) is 2.20. The standard InChI is InChI=1S/C16H14N4OS/c1-3-10-14-13(8(2)6-12(18)19-14)20-15(16(10)21)11-5-4-9(7-17)22-11/h4-6,10H,3H2,1-2H3,(H2,18,19). The molecule has 22 heavy (non-hydrogen) atoms. The molecule has 110 valence electrons. The van der Waals surface area contributed by atoms with Crippen LogP contribution in [0.5, 0.6) is 0 Å². The number of anilines is 1. The van der Waals surface area contributed by atoms with E-state index >= 15 is 0 Å². The quantitative estimate of drug-likeness (QED) is 0.922. The van der Waals surface area contributed by atoms with Crippen LogP contribution in [0.15, 0.2) is 23.2 Å². The molecule has 0 bridgehead atoms. The summed E-state index contributed by atoms with van der Waals surface area (Å²) in [7, 11) is 0. The van der Waals surface area contributed by atoms with Gasteiger partial charge in [-0.1, -0.05) is 6.92 Å². The van der Waals surface area contributed by atoms with E-state index in [1.807, 2.05) is 13.8 Å². The highest BCUT2D eigenvalue weighted by Gasteiger charge is 2.33. The van der Waals surface area contributed by atoms with Gasteiger partial charge in [-0.2, -0.15) is 5.26 Å². The minimum absolute atomic E-state index is 0.0566. The maximum absolute atomic E-state index is 12.8. The molecule has 2 aromatic rings. The van der Waals surface area contributed by atoms with Crippen molar-refractivity contribution in [3.8, 4) is 6.07 Å². The summed E-state index contributed by atoms with van der Waals surface area (Å²) >= 11 is 1.28. The van der Waals surface area contributed by atoms with E-state index in [0.29, 0.717) is 28.5 Å². The molecule has 0 saturated heterocycles. The Balaban J connectivity index is 2.21. The van der Waals surface area contributed by atoms with Gasteiger partial charge in [-0.3, -0.25) is 4.79 Å². The van der Waals surface area contributed by atoms with Gasteiger partial charge in [0, 0.05) is 0 Å². The van der Waals surface area contributed by atoms with Crippen LogP contribution in [0.1, 0.15) is 40.3 Å². The molecule has 1 unspecified atom stereocenters. The number of nitrogens with two attached hydrogens (primary N) is 1. The van der Waals surface area contributed by atoms with Gasteiger partial charge in [-0.05, 0) is 37.1 Å². The Labute approximate surface area is 132 Å². The normalized spacial score (nSPS) is 16.9. The van der Waals surface area contributed by atoms with Crippen molar-refractivity contribution in [2.75, 3.05) is 5.73 Å². The summed E-state index contributed by atoms with van der Waals surface area (Å²) in [4.78, 5) is 22.9. The number of pyridine rings is 1. The summed E-state index contributed by atoms with van der Waals surface area (Å²) in [5.41, 5.74) is 8.51. The van der Waals surface area contributed by atoms with E-state index in [1.165, 1.54) is 11.3 Å². The van der Waals surface area contributed by atoms with Crippen LogP contribution in [-0.2, 0) is 4.79 Å². The van der Waals surface area contributed by atoms with Crippen LogP contribution in [0.3, 0.4) is 0 Å². The van der Waals surface area contributed by atoms with Crippen LogP contribution in [0.2, 0.25) is 0 Å². The van der Waals surface area contributed by atoms with Gasteiger partial charge in [-0.25, -0.2) is 9.98 Å². The molecule has 3 rings (SSSR count). The Morgan fingerprint density at radius 3 is 2.86 bits per heavy atom. The van der Waals surface area contributed by atoms with Crippen molar-refractivity contribution in [1.82, 2.24) is 4.98 Å². The number of rotatable bonds is 2. The average Bonchev–Trinajstić information content (AvgIpc) is 2.95. The predicted octanol–water partition coefficient (Wildman–Crippen LogP) is 3.10. The number of ketones is 1. The molecule has 0 spiro atoms. The fourth-order valence-corrected chi connectivity index (χ4v) is 3.44. The number of nitrogen functional groups attached to an aromatic ring is 1. The fourth-order valence-electron chi connectivity index (χ4n) is 2.64. The molecule has 1 aliphatic heterocycles. The lowest BCUT2D eigenvalue weighted by Gasteiger charge is -2.22. The monoisotopic (exact) mass is 310 g/mol. The minimum atomic E-state index is -0.336. The number of carbonyl (C=O) groups excluding carboxylic acids is 1. The number of carbonyl (C=O) groups is 1. The summed E-state index contributed by atoms with van der Waals surface area (Å²) < 4.78 is 0. The number of Topliss-reactive ketones (excluding diaryl/α,β-unsaturated/α-hetero) is 1. The van der Waals surface area contributed by atoms with Crippen molar-refractivity contribution in [3.63, 3.8) is 0 Å². The van der Waals surface area contributed by atoms with Gasteiger partial charge in [0.05, 0.1) is 22.2 Å². The molecule has 1 atom stereocenters. The molecule has 0 aliphatic carbocycles. The summed E-state index contributed by atoms with van der Waals surface area (Å²) in [6, 6.07) is 7.33. The Bertz CT molecular complexity index is 844. The van der Waals surface area contributed by atoms with Gasteiger partial charge < -0.3 is 5.73 Å². The molecular formula is C16H14N4OS. The topological polar surface area (TPSA) is 92.1 Å². The van der Waals surface area contributed by atoms with Gasteiger partial charge >= 0.3 is 0 Å². The number of hydrogen-bond donors (Lipinski definition) is 1. The first kappa shape index (κ1) is 14.4. The van der Waals surface area contributed by atoms with E-state index in [4.69, 9.17) is 11.0 Å². The van der Waals surface area contributed by atoms with Gasteiger partial charge in [0.25, 0.3) is 0 Å². The van der Waals surface area contributed by atoms with E-state index in [9.17, 15) is 4.79 Å². The van der Waals surface area contributed by atoms with Crippen molar-refractivity contribution < 1.29 is 4.79 Å². The molecular weight excluding hydrogens is 296 g/mol. The van der Waals surface area contributed by atoms with Crippen molar-refractivity contribution in [3.05, 3.63) is 39.2 Å². The lowest BCUT2D eigenvalue weighted by Crippen LogP contribution is -2.27. The molecule has 0 amide bonds. The van der Waals surface area contributed by atoms with Gasteiger partial charge in [0.15, 0.2) is 5.78 Å². The highest BCUT2D eigenvalue weighted by atomic mass is 32.1. The van der Waals surface area contributed by atoms with Gasteiger partial charge in [0.1, 0.15) is 22.5 Å². The number of aryl methyl sites for hydroxylation is 1. The first-order valence-electron chi connectivity index (χ1n) is 6.95. The number of thiophene rings is 1. The third-order valence-electron chi connectivity index (χ3n) is 3.69. The lowest BCUT2D eigenvalue weighted by atomic mass is 9.88. The van der Waals surface area contributed by atoms with Crippen LogP contribution in [0.25, 0.3) is 0 Å². The molecule has 2 N–H and O–H groups in total. The first-order chi connectivity index (χ1) is 10.5. The molecule has 1 aliphatic rings. The number of nitriles is 1. The maximum Gasteiger partial charge on any atom is 0.191 e. The fraction of sp³-hybridized carbons (Fsp3) is 0.250. The highest BCUT2D eigenvalue weighted by molar-refractivity contribution is 7.15. The van der Waals surface area contributed by atoms with E-state index in [0.717, 1.165) is 16.1 Å². The predicted molar refractivity (Wildman–Crippen MR) is 86.7 cm³/mol. The molecule has 3 heterocycles. The minimum Gasteiger partial charge on any atom is -0.384 e. The van der Waals surface area contributed by atoms with Gasteiger partial charge in [-0.15, -0.1) is 11.3 Å². The van der Waals surface area contributed by atoms with Crippen LogP contribution in [0.4, 0.5) is 11.5 Å². The summed E-state index contributed by atoms with van der Waals surface area (Å²) in [5, 5.41) is 8.96. The second kappa shape index (κ2) is 5.35. The zero-order valence-corrected chi connectivity index (χ0v) is 13.1. The molecule has 2 aromatic heterocycles. The summed E-state index contributed by atoms with van der Waals surface area (Å²) in [6.45, 7) is 3.86. The average molecular weight is 310 g/mol. The van der Waals surface area contributed by atoms with Crippen molar-refractivity contribution in [2.45, 2.75) is 26.2 Å². The second-order valence-corrected chi connectivity index (χ2v) is 6.24. The van der Waals surface area contributed by atoms with Crippen LogP contribution in [-0.4, -0.2) is 16.5 Å². The highest BCUT2D eigenvalue weighted by Crippen LogP contribution is 2.38. The number of nitrogens with zero attached hydrogens (tertiary/aromatic N) is 3. The van der Waals surface area contributed by atoms with Crippen molar-refractivity contribution in [2.24, 2.45) is 4.99 Å². The largest absolute Gasteiger partial charge is 0.384 e. The number of hydrogen-bond acceptors (Lipinski definition) is 6. The zero-order chi connectivity index (χ0) is 15.9. The van der Waals surface area contributed by atoms with Crippen LogP contribution >= 0.6 is 11.3 Å². The number of aliphatic imine (C=N–C) groups is 1. The maximum atomic E-state index is 12.8. The second-order valence-electron chi connectivity index (χ2n) is 5.16. The smallest absolute Gasteiger partial charge is 0.191 e. The third-order valence-corrected chi connectivity index (χ3v) is 4.69. The van der Waals surface area contributed by atoms with Crippen LogP contribution < -0.4 is 5.73 Å². The zero-order valence-electron chi connectivity index (χ0n) is 12.3. The van der Waals surface area contributed by atoms with E-state index in [-0.39, 0.29) is 11.7 Å². The first-order valence-corrected chi connectivity index (χ1v) is 7.77.